The monoisotopic (exact) mass is 489 g/mol. The highest BCUT2D eigenvalue weighted by molar-refractivity contribution is 8.15. The van der Waals surface area contributed by atoms with Gasteiger partial charge in [-0.05, 0) is 43.3 Å². The minimum Gasteiger partial charge on any atom is -0.326 e. The van der Waals surface area contributed by atoms with Gasteiger partial charge in [-0.1, -0.05) is 58.2 Å². The molecule has 5 nitrogen and oxygen atoms in total. The predicted octanol–water partition coefficient (Wildman–Crippen LogP) is 6.28. The number of amides is 2. The lowest BCUT2D eigenvalue weighted by molar-refractivity contribution is -0.128. The summed E-state index contributed by atoms with van der Waals surface area (Å²) in [5.74, 6) is -0.471. The first kappa shape index (κ1) is 22.2. The van der Waals surface area contributed by atoms with Gasteiger partial charge in [-0.25, -0.2) is 4.99 Å². The molecule has 29 heavy (non-hydrogen) atoms. The topological polar surface area (TPSA) is 61.8 Å². The van der Waals surface area contributed by atoms with Gasteiger partial charge in [-0.15, -0.1) is 0 Å². The largest absolute Gasteiger partial charge is 0.326 e. The highest BCUT2D eigenvalue weighted by Crippen LogP contribution is 2.33. The van der Waals surface area contributed by atoms with Crippen LogP contribution in [0.4, 0.5) is 11.4 Å². The number of nitrogens with one attached hydrogen (secondary N) is 1. The molecule has 10 heteroatoms. The van der Waals surface area contributed by atoms with Gasteiger partial charge in [0, 0.05) is 18.7 Å². The van der Waals surface area contributed by atoms with Crippen LogP contribution in [0.1, 0.15) is 13.3 Å². The molecule has 0 radical (unpaired) electrons. The molecule has 1 heterocycles. The number of nitrogens with zero attached hydrogens (tertiary/aromatic N) is 2. The number of thioether (sulfide) groups is 1. The van der Waals surface area contributed by atoms with Crippen LogP contribution in [0, 0.1) is 0 Å². The van der Waals surface area contributed by atoms with Crippen molar-refractivity contribution < 1.29 is 9.59 Å². The highest BCUT2D eigenvalue weighted by Gasteiger charge is 2.38. The van der Waals surface area contributed by atoms with Gasteiger partial charge in [-0.3, -0.25) is 14.5 Å². The molecule has 152 valence electrons. The van der Waals surface area contributed by atoms with Gasteiger partial charge in [0.15, 0.2) is 5.17 Å². The minimum atomic E-state index is -0.570. The Kier molecular flexibility index (Phi) is 7.35. The van der Waals surface area contributed by atoms with Gasteiger partial charge in [0.1, 0.15) is 5.25 Å². The second kappa shape index (κ2) is 9.58. The number of benzene rings is 2. The van der Waals surface area contributed by atoms with Crippen molar-refractivity contribution >= 4 is 86.5 Å². The van der Waals surface area contributed by atoms with E-state index in [4.69, 9.17) is 46.4 Å². The molecule has 2 aromatic rings. The Hall–Kier alpha value is -1.44. The van der Waals surface area contributed by atoms with E-state index in [1.807, 2.05) is 6.92 Å². The molecule has 3 rings (SSSR count). The Labute approximate surface area is 192 Å². The average Bonchev–Trinajstić information content (AvgIpc) is 2.95. The summed E-state index contributed by atoms with van der Waals surface area (Å²) in [5, 5.41) is 4.21. The summed E-state index contributed by atoms with van der Waals surface area (Å²) in [4.78, 5) is 31.2. The van der Waals surface area contributed by atoms with Crippen LogP contribution in [0.5, 0.6) is 0 Å². The van der Waals surface area contributed by atoms with Crippen molar-refractivity contribution in [3.63, 3.8) is 0 Å². The molecule has 1 fully saturated rings. The summed E-state index contributed by atoms with van der Waals surface area (Å²) in [6, 6.07) is 9.77. The van der Waals surface area contributed by atoms with Crippen molar-refractivity contribution in [1.82, 2.24) is 4.90 Å². The minimum absolute atomic E-state index is 0.000634. The summed E-state index contributed by atoms with van der Waals surface area (Å²) in [6.45, 7) is 2.29. The predicted molar refractivity (Wildman–Crippen MR) is 122 cm³/mol. The Morgan fingerprint density at radius 1 is 1.07 bits per heavy atom. The summed E-state index contributed by atoms with van der Waals surface area (Å²) >= 11 is 25.1. The molecule has 0 aliphatic carbocycles. The molecule has 1 atom stereocenters. The quantitative estimate of drug-likeness (QED) is 0.536. The summed E-state index contributed by atoms with van der Waals surface area (Å²) < 4.78 is 0. The van der Waals surface area contributed by atoms with Crippen LogP contribution in [-0.2, 0) is 9.59 Å². The zero-order valence-electron chi connectivity index (χ0n) is 15.1. The number of hydrogen-bond donors (Lipinski definition) is 1. The van der Waals surface area contributed by atoms with E-state index in [-0.39, 0.29) is 18.2 Å². The number of amidine groups is 1. The lowest BCUT2D eigenvalue weighted by atomic mass is 10.2. The third kappa shape index (κ3) is 5.38. The molecule has 1 saturated heterocycles. The zero-order valence-corrected chi connectivity index (χ0v) is 18.9. The van der Waals surface area contributed by atoms with Gasteiger partial charge < -0.3 is 5.32 Å². The van der Waals surface area contributed by atoms with E-state index in [2.05, 4.69) is 10.3 Å². The maximum Gasteiger partial charge on any atom is 0.242 e. The molecular formula is C19H15Cl4N3O2S. The molecule has 2 amide bonds. The fraction of sp³-hybridized carbons (Fsp3) is 0.211. The zero-order chi connectivity index (χ0) is 21.1. The Morgan fingerprint density at radius 3 is 2.34 bits per heavy atom. The van der Waals surface area contributed by atoms with Crippen LogP contribution >= 0.6 is 58.2 Å². The van der Waals surface area contributed by atoms with Crippen LogP contribution in [-0.4, -0.2) is 33.7 Å². The van der Waals surface area contributed by atoms with Crippen molar-refractivity contribution in [3.8, 4) is 0 Å². The van der Waals surface area contributed by atoms with E-state index in [1.54, 1.807) is 41.3 Å². The van der Waals surface area contributed by atoms with E-state index in [0.29, 0.717) is 43.2 Å². The lowest BCUT2D eigenvalue weighted by Gasteiger charge is -2.13. The molecule has 0 unspecified atom stereocenters. The smallest absolute Gasteiger partial charge is 0.242 e. The number of anilines is 1. The van der Waals surface area contributed by atoms with Crippen LogP contribution in [0.25, 0.3) is 0 Å². The number of rotatable bonds is 5. The normalized spacial score (nSPS) is 17.8. The molecule has 0 spiro atoms. The summed E-state index contributed by atoms with van der Waals surface area (Å²) in [5.41, 5.74) is 1.09. The van der Waals surface area contributed by atoms with Gasteiger partial charge in [0.05, 0.1) is 25.8 Å². The summed E-state index contributed by atoms with van der Waals surface area (Å²) in [7, 11) is 0. The Bertz CT molecular complexity index is 999. The number of carbonyl (C=O) groups is 2. The third-order valence-corrected chi connectivity index (χ3v) is 6.69. The standard InChI is InChI=1S/C19H15Cl4N3O2S/c1-2-26-18(28)16(9-17(27)24-10-3-5-12(20)14(22)7-10)29-19(26)25-11-4-6-13(21)15(23)8-11/h3-8,16H,2,9H2,1H3,(H,24,27)/t16-/m0/s1. The Balaban J connectivity index is 1.72. The fourth-order valence-corrected chi connectivity index (χ4v) is 4.45. The molecule has 0 saturated carbocycles. The first-order valence-corrected chi connectivity index (χ1v) is 10.9. The fourth-order valence-electron chi connectivity index (χ4n) is 2.64. The molecule has 0 aromatic heterocycles. The second-order valence-electron chi connectivity index (χ2n) is 6.06. The van der Waals surface area contributed by atoms with Crippen LogP contribution < -0.4 is 5.32 Å². The van der Waals surface area contributed by atoms with Crippen molar-refractivity contribution in [3.05, 3.63) is 56.5 Å². The van der Waals surface area contributed by atoms with Crippen molar-refractivity contribution in [2.24, 2.45) is 4.99 Å². The molecule has 1 aliphatic heterocycles. The van der Waals surface area contributed by atoms with Crippen molar-refractivity contribution in [2.45, 2.75) is 18.6 Å². The SMILES string of the molecule is CCN1C(=O)[C@H](CC(=O)Nc2ccc(Cl)c(Cl)c2)SC1=Nc1ccc(Cl)c(Cl)c1. The molecule has 0 bridgehead atoms. The lowest BCUT2D eigenvalue weighted by Crippen LogP contribution is -2.33. The average molecular weight is 491 g/mol. The first-order valence-electron chi connectivity index (χ1n) is 8.55. The number of carbonyl (C=O) groups excluding carboxylic acids is 2. The second-order valence-corrected chi connectivity index (χ2v) is 8.86. The van der Waals surface area contributed by atoms with E-state index >= 15 is 0 Å². The third-order valence-electron chi connectivity index (χ3n) is 4.04. The maximum absolute atomic E-state index is 12.7. The molecule has 2 aromatic carbocycles. The number of hydrogen-bond acceptors (Lipinski definition) is 4. The van der Waals surface area contributed by atoms with E-state index in [0.717, 1.165) is 0 Å². The van der Waals surface area contributed by atoms with E-state index in [9.17, 15) is 9.59 Å². The number of aliphatic imine (C=N–C) groups is 1. The Morgan fingerprint density at radius 2 is 1.72 bits per heavy atom. The van der Waals surface area contributed by atoms with Crippen LogP contribution in [0.3, 0.4) is 0 Å². The van der Waals surface area contributed by atoms with Gasteiger partial charge in [-0.2, -0.15) is 0 Å². The highest BCUT2D eigenvalue weighted by atomic mass is 35.5. The molecule has 1 aliphatic rings. The number of halogens is 4. The van der Waals surface area contributed by atoms with E-state index in [1.165, 1.54) is 11.8 Å². The van der Waals surface area contributed by atoms with Crippen molar-refractivity contribution in [2.75, 3.05) is 11.9 Å². The van der Waals surface area contributed by atoms with Crippen LogP contribution in [0.15, 0.2) is 41.4 Å². The van der Waals surface area contributed by atoms with Gasteiger partial charge in [0.2, 0.25) is 11.8 Å². The molecule has 1 N–H and O–H groups in total. The van der Waals surface area contributed by atoms with Crippen molar-refractivity contribution in [1.29, 1.82) is 0 Å². The van der Waals surface area contributed by atoms with E-state index < -0.39 is 5.25 Å². The van der Waals surface area contributed by atoms with Gasteiger partial charge in [0.25, 0.3) is 0 Å². The van der Waals surface area contributed by atoms with Crippen LogP contribution in [0.2, 0.25) is 20.1 Å². The maximum atomic E-state index is 12.7. The summed E-state index contributed by atoms with van der Waals surface area (Å²) in [6.07, 6.45) is 0.000634. The first-order chi connectivity index (χ1) is 13.8. The molecular weight excluding hydrogens is 476 g/mol. The van der Waals surface area contributed by atoms with Gasteiger partial charge >= 0.3 is 0 Å².